The number of rotatable bonds is 7. The average molecular weight is 284 g/mol. The van der Waals surface area contributed by atoms with Crippen LogP contribution in [0.1, 0.15) is 34.6 Å². The Hall–Kier alpha value is -0.810. The van der Waals surface area contributed by atoms with Gasteiger partial charge in [-0.2, -0.15) is 0 Å². The number of aliphatic imine (C=N–C) groups is 1. The van der Waals surface area contributed by atoms with Crippen molar-refractivity contribution in [3.05, 3.63) is 0 Å². The first-order valence-electron chi connectivity index (χ1n) is 7.95. The van der Waals surface area contributed by atoms with E-state index < -0.39 is 0 Å². The van der Waals surface area contributed by atoms with Gasteiger partial charge in [0.15, 0.2) is 5.96 Å². The Morgan fingerprint density at radius 3 is 2.65 bits per heavy atom. The Bertz CT molecular complexity index is 294. The molecule has 0 radical (unpaired) electrons. The summed E-state index contributed by atoms with van der Waals surface area (Å²) in [5.74, 6) is 1.56. The minimum absolute atomic E-state index is 0.474. The molecule has 118 valence electrons. The van der Waals surface area contributed by atoms with E-state index in [1.54, 1.807) is 0 Å². The molecular weight excluding hydrogens is 252 g/mol. The van der Waals surface area contributed by atoms with Crippen molar-refractivity contribution in [2.75, 3.05) is 39.4 Å². The number of likely N-dealkylation sites (tertiary alicyclic amines) is 1. The summed E-state index contributed by atoms with van der Waals surface area (Å²) >= 11 is 0. The van der Waals surface area contributed by atoms with Crippen LogP contribution in [0.25, 0.3) is 0 Å². The molecule has 0 aromatic rings. The number of ether oxygens (including phenoxy) is 1. The van der Waals surface area contributed by atoms with Crippen LogP contribution < -0.4 is 10.6 Å². The lowest BCUT2D eigenvalue weighted by Gasteiger charge is -2.21. The van der Waals surface area contributed by atoms with Gasteiger partial charge >= 0.3 is 0 Å². The molecule has 1 saturated heterocycles. The molecule has 1 aliphatic rings. The highest BCUT2D eigenvalue weighted by atomic mass is 16.5. The van der Waals surface area contributed by atoms with Crippen molar-refractivity contribution in [1.29, 1.82) is 0 Å². The van der Waals surface area contributed by atoms with E-state index in [0.29, 0.717) is 31.2 Å². The van der Waals surface area contributed by atoms with Crippen molar-refractivity contribution in [2.24, 2.45) is 10.9 Å². The van der Waals surface area contributed by atoms with E-state index in [2.05, 4.69) is 48.2 Å². The minimum Gasteiger partial charge on any atom is -0.380 e. The highest BCUT2D eigenvalue weighted by molar-refractivity contribution is 5.80. The van der Waals surface area contributed by atoms with Gasteiger partial charge in [-0.25, -0.2) is 0 Å². The van der Waals surface area contributed by atoms with Gasteiger partial charge in [-0.3, -0.25) is 9.89 Å². The molecule has 0 aromatic heterocycles. The molecule has 2 atom stereocenters. The van der Waals surface area contributed by atoms with Crippen LogP contribution in [0.4, 0.5) is 0 Å². The molecule has 5 nitrogen and oxygen atoms in total. The molecule has 0 aromatic carbocycles. The second kappa shape index (κ2) is 9.19. The van der Waals surface area contributed by atoms with Gasteiger partial charge in [0.25, 0.3) is 0 Å². The third kappa shape index (κ3) is 5.67. The van der Waals surface area contributed by atoms with Crippen molar-refractivity contribution in [2.45, 2.75) is 46.7 Å². The van der Waals surface area contributed by atoms with E-state index in [4.69, 9.17) is 4.74 Å². The van der Waals surface area contributed by atoms with Crippen LogP contribution in [0, 0.1) is 5.92 Å². The zero-order chi connectivity index (χ0) is 15.0. The normalized spacial score (nSPS) is 24.4. The Morgan fingerprint density at radius 2 is 2.10 bits per heavy atom. The zero-order valence-electron chi connectivity index (χ0n) is 13.8. The monoisotopic (exact) mass is 284 g/mol. The highest BCUT2D eigenvalue weighted by Gasteiger charge is 2.31. The van der Waals surface area contributed by atoms with Gasteiger partial charge < -0.3 is 15.4 Å². The first-order chi connectivity index (χ1) is 9.58. The Kier molecular flexibility index (Phi) is 7.92. The maximum atomic E-state index is 5.33. The van der Waals surface area contributed by atoms with Crippen molar-refractivity contribution >= 4 is 5.96 Å². The Labute approximate surface area is 124 Å². The summed E-state index contributed by atoms with van der Waals surface area (Å²) in [7, 11) is 0. The lowest BCUT2D eigenvalue weighted by molar-refractivity contribution is 0.155. The lowest BCUT2D eigenvalue weighted by Crippen LogP contribution is -2.47. The number of nitrogens with one attached hydrogen (secondary N) is 2. The van der Waals surface area contributed by atoms with Crippen LogP contribution in [-0.2, 0) is 4.74 Å². The van der Waals surface area contributed by atoms with Crippen molar-refractivity contribution in [3.63, 3.8) is 0 Å². The standard InChI is InChI=1S/C15H32N4O/c1-6-16-15(17-8-9-20-7-2)18-14-11-19(12(3)4)10-13(14)5/h12-14H,6-11H2,1-5H3,(H2,16,17,18). The molecule has 1 heterocycles. The molecule has 2 unspecified atom stereocenters. The second-order valence-electron chi connectivity index (χ2n) is 5.73. The molecule has 2 N–H and O–H groups in total. The van der Waals surface area contributed by atoms with Crippen molar-refractivity contribution in [1.82, 2.24) is 15.5 Å². The van der Waals surface area contributed by atoms with Crippen LogP contribution >= 0.6 is 0 Å². The largest absolute Gasteiger partial charge is 0.380 e. The molecule has 1 rings (SSSR count). The van der Waals surface area contributed by atoms with Gasteiger partial charge in [0.1, 0.15) is 0 Å². The second-order valence-corrected chi connectivity index (χ2v) is 5.73. The number of hydrogen-bond donors (Lipinski definition) is 2. The molecule has 0 aliphatic carbocycles. The summed E-state index contributed by atoms with van der Waals surface area (Å²) in [5, 5.41) is 6.89. The van der Waals surface area contributed by atoms with E-state index in [-0.39, 0.29) is 0 Å². The summed E-state index contributed by atoms with van der Waals surface area (Å²) in [6.45, 7) is 16.2. The number of guanidine groups is 1. The summed E-state index contributed by atoms with van der Waals surface area (Å²) in [4.78, 5) is 7.09. The van der Waals surface area contributed by atoms with Crippen LogP contribution in [-0.4, -0.2) is 62.3 Å². The number of hydrogen-bond acceptors (Lipinski definition) is 3. The topological polar surface area (TPSA) is 48.9 Å². The van der Waals surface area contributed by atoms with E-state index in [9.17, 15) is 0 Å². The predicted molar refractivity (Wildman–Crippen MR) is 85.3 cm³/mol. The highest BCUT2D eigenvalue weighted by Crippen LogP contribution is 2.18. The molecule has 0 spiro atoms. The van der Waals surface area contributed by atoms with Crippen molar-refractivity contribution < 1.29 is 4.74 Å². The van der Waals surface area contributed by atoms with Crippen molar-refractivity contribution in [3.8, 4) is 0 Å². The van der Waals surface area contributed by atoms with Gasteiger partial charge in [0.2, 0.25) is 0 Å². The minimum atomic E-state index is 0.474. The fraction of sp³-hybridized carbons (Fsp3) is 0.933. The molecule has 0 saturated carbocycles. The molecular formula is C15H32N4O. The van der Waals surface area contributed by atoms with E-state index >= 15 is 0 Å². The molecule has 1 fully saturated rings. The quantitative estimate of drug-likeness (QED) is 0.420. The summed E-state index contributed by atoms with van der Waals surface area (Å²) < 4.78 is 5.33. The third-order valence-corrected chi connectivity index (χ3v) is 3.75. The summed E-state index contributed by atoms with van der Waals surface area (Å²) in [6, 6.07) is 1.09. The fourth-order valence-corrected chi connectivity index (χ4v) is 2.48. The molecule has 20 heavy (non-hydrogen) atoms. The summed E-state index contributed by atoms with van der Waals surface area (Å²) in [5.41, 5.74) is 0. The van der Waals surface area contributed by atoms with E-state index in [1.807, 2.05) is 6.92 Å². The lowest BCUT2D eigenvalue weighted by atomic mass is 10.1. The molecule has 1 aliphatic heterocycles. The van der Waals surface area contributed by atoms with Gasteiger partial charge in [0.05, 0.1) is 13.2 Å². The van der Waals surface area contributed by atoms with Gasteiger partial charge in [-0.15, -0.1) is 0 Å². The predicted octanol–water partition coefficient (Wildman–Crippen LogP) is 1.31. The van der Waals surface area contributed by atoms with E-state index in [0.717, 1.165) is 32.2 Å². The molecule has 0 bridgehead atoms. The summed E-state index contributed by atoms with van der Waals surface area (Å²) in [6.07, 6.45) is 0. The first kappa shape index (κ1) is 17.2. The maximum absolute atomic E-state index is 5.33. The zero-order valence-corrected chi connectivity index (χ0v) is 13.8. The van der Waals surface area contributed by atoms with Crippen LogP contribution in [0.3, 0.4) is 0 Å². The molecule has 5 heteroatoms. The van der Waals surface area contributed by atoms with Gasteiger partial charge in [0, 0.05) is 38.3 Å². The SMILES string of the molecule is CCNC(=NCCOCC)NC1CN(C(C)C)CC1C. The van der Waals surface area contributed by atoms with Crippen LogP contribution in [0.5, 0.6) is 0 Å². The van der Waals surface area contributed by atoms with Crippen LogP contribution in [0.15, 0.2) is 4.99 Å². The Morgan fingerprint density at radius 1 is 1.35 bits per heavy atom. The van der Waals surface area contributed by atoms with Gasteiger partial charge in [-0.05, 0) is 33.6 Å². The number of nitrogens with zero attached hydrogens (tertiary/aromatic N) is 2. The third-order valence-electron chi connectivity index (χ3n) is 3.75. The fourth-order valence-electron chi connectivity index (χ4n) is 2.48. The first-order valence-corrected chi connectivity index (χ1v) is 7.95. The smallest absolute Gasteiger partial charge is 0.191 e. The van der Waals surface area contributed by atoms with Crippen LogP contribution in [0.2, 0.25) is 0 Å². The average Bonchev–Trinajstić information content (AvgIpc) is 2.76. The van der Waals surface area contributed by atoms with E-state index in [1.165, 1.54) is 0 Å². The maximum Gasteiger partial charge on any atom is 0.191 e. The molecule has 0 amide bonds. The van der Waals surface area contributed by atoms with Gasteiger partial charge in [-0.1, -0.05) is 6.92 Å². The Balaban J connectivity index is 2.48.